The number of rotatable bonds is 8. The quantitative estimate of drug-likeness (QED) is 0.298. The molecule has 0 aliphatic heterocycles. The van der Waals surface area contributed by atoms with Crippen LogP contribution in [0.3, 0.4) is 0 Å². The third-order valence-electron chi connectivity index (χ3n) is 10.7. The molecular weight excluding hydrogens is 491 g/mol. The number of hydrogen-bond acceptors (Lipinski definition) is 3. The molecular formula is C33H57FO3Si. The summed E-state index contributed by atoms with van der Waals surface area (Å²) >= 11 is 0. The fourth-order valence-electron chi connectivity index (χ4n) is 7.51. The van der Waals surface area contributed by atoms with Gasteiger partial charge in [-0.15, -0.1) is 0 Å². The molecule has 0 unspecified atom stereocenters. The minimum Gasteiger partial charge on any atom is -0.413 e. The first-order chi connectivity index (χ1) is 17.5. The van der Waals surface area contributed by atoms with Gasteiger partial charge in [-0.1, -0.05) is 65.2 Å². The molecule has 0 aromatic heterocycles. The first-order valence-electron chi connectivity index (χ1n) is 15.3. The molecule has 218 valence electrons. The van der Waals surface area contributed by atoms with E-state index in [1.165, 1.54) is 37.7 Å². The Labute approximate surface area is 234 Å². The maximum Gasteiger partial charge on any atom is 0.192 e. The molecule has 2 N–H and O–H groups in total. The van der Waals surface area contributed by atoms with Crippen LogP contribution in [0.1, 0.15) is 113 Å². The molecule has 0 saturated heterocycles. The summed E-state index contributed by atoms with van der Waals surface area (Å²) in [5, 5.41) is 21.0. The molecule has 38 heavy (non-hydrogen) atoms. The second kappa shape index (κ2) is 12.0. The van der Waals surface area contributed by atoms with Crippen LogP contribution < -0.4 is 0 Å². The van der Waals surface area contributed by atoms with Gasteiger partial charge in [-0.05, 0) is 106 Å². The van der Waals surface area contributed by atoms with Gasteiger partial charge in [-0.25, -0.2) is 4.39 Å². The minimum absolute atomic E-state index is 0.0727. The zero-order chi connectivity index (χ0) is 28.5. The Balaban J connectivity index is 1.77. The van der Waals surface area contributed by atoms with Crippen molar-refractivity contribution in [1.29, 1.82) is 0 Å². The molecule has 0 aromatic rings. The fraction of sp³-hybridized carbons (Fsp3) is 0.818. The molecule has 0 radical (unpaired) electrons. The van der Waals surface area contributed by atoms with Crippen molar-refractivity contribution in [2.24, 2.45) is 23.2 Å². The number of fused-ring (bicyclic) bond motifs is 1. The van der Waals surface area contributed by atoms with Crippen LogP contribution >= 0.6 is 0 Å². The van der Waals surface area contributed by atoms with E-state index in [1.807, 2.05) is 13.8 Å². The Bertz CT molecular complexity index is 906. The topological polar surface area (TPSA) is 49.7 Å². The first-order valence-corrected chi connectivity index (χ1v) is 18.2. The lowest BCUT2D eigenvalue weighted by molar-refractivity contribution is 0.0596. The molecule has 3 nitrogen and oxygen atoms in total. The molecule has 0 heterocycles. The van der Waals surface area contributed by atoms with E-state index >= 15 is 0 Å². The van der Waals surface area contributed by atoms with Crippen molar-refractivity contribution in [3.05, 3.63) is 35.2 Å². The van der Waals surface area contributed by atoms with Crippen LogP contribution in [0.2, 0.25) is 18.1 Å². The van der Waals surface area contributed by atoms with Crippen LogP contribution in [0.15, 0.2) is 35.2 Å². The van der Waals surface area contributed by atoms with Crippen molar-refractivity contribution in [2.45, 2.75) is 149 Å². The Morgan fingerprint density at radius 2 is 1.84 bits per heavy atom. The van der Waals surface area contributed by atoms with Gasteiger partial charge >= 0.3 is 0 Å². The van der Waals surface area contributed by atoms with Crippen LogP contribution in [0, 0.1) is 23.2 Å². The lowest BCUT2D eigenvalue weighted by atomic mass is 9.60. The summed E-state index contributed by atoms with van der Waals surface area (Å²) in [5.41, 5.74) is 2.57. The van der Waals surface area contributed by atoms with E-state index in [0.29, 0.717) is 47.9 Å². The minimum atomic E-state index is -1.99. The smallest absolute Gasteiger partial charge is 0.192 e. The summed E-state index contributed by atoms with van der Waals surface area (Å²) in [4.78, 5) is 0. The van der Waals surface area contributed by atoms with Gasteiger partial charge in [0.05, 0.1) is 24.1 Å². The number of hydrogen-bond donors (Lipinski definition) is 2. The standard InChI is InChI=1S/C33H57FO3Si/c1-23(12-10-18-32(5,6)36)28-16-17-29-24(13-11-19-33(28,29)7)14-15-25-20-26(21-30(35)27(25)22-34)37-38(8,9)31(2,3)4/h14-15,22-23,26,28-30,35-36H,10-13,16-21H2,1-9H3/b24-14+,25-15-,27-22+/t23-,26-,28-,29+,30+,33-/m1/s1. The summed E-state index contributed by atoms with van der Waals surface area (Å²) in [6, 6.07) is 0. The second-order valence-corrected chi connectivity index (χ2v) is 20.0. The SMILES string of the molecule is C[C@H](CCCC(C)(C)O)[C@H]1CC[C@H]2/C(=C/C=C3/C[C@@H](O[Si](C)(C)C(C)(C)C)C[C@H](O)/C3=C/F)CCC[C@]12C. The number of allylic oxidation sites excluding steroid dienone is 3. The molecule has 5 heteroatoms. The molecule has 3 aliphatic carbocycles. The monoisotopic (exact) mass is 548 g/mol. The van der Waals surface area contributed by atoms with Gasteiger partial charge in [-0.3, -0.25) is 0 Å². The van der Waals surface area contributed by atoms with E-state index in [1.54, 1.807) is 0 Å². The Morgan fingerprint density at radius 3 is 2.45 bits per heavy atom. The lowest BCUT2D eigenvalue weighted by Gasteiger charge is -2.44. The van der Waals surface area contributed by atoms with Crippen molar-refractivity contribution in [3.8, 4) is 0 Å². The van der Waals surface area contributed by atoms with Gasteiger partial charge in [0.25, 0.3) is 0 Å². The highest BCUT2D eigenvalue weighted by molar-refractivity contribution is 6.74. The summed E-state index contributed by atoms with van der Waals surface area (Å²) < 4.78 is 20.6. The number of aliphatic hydroxyl groups is 2. The van der Waals surface area contributed by atoms with E-state index in [0.717, 1.165) is 24.8 Å². The number of halogens is 1. The highest BCUT2D eigenvalue weighted by atomic mass is 28.4. The largest absolute Gasteiger partial charge is 0.413 e. The summed E-state index contributed by atoms with van der Waals surface area (Å²) in [6.07, 6.45) is 14.5. The van der Waals surface area contributed by atoms with Crippen molar-refractivity contribution < 1.29 is 19.0 Å². The van der Waals surface area contributed by atoms with E-state index in [-0.39, 0.29) is 11.1 Å². The zero-order valence-electron chi connectivity index (χ0n) is 25.9. The summed E-state index contributed by atoms with van der Waals surface area (Å²) in [7, 11) is -1.99. The average molecular weight is 549 g/mol. The third-order valence-corrected chi connectivity index (χ3v) is 15.3. The molecule has 0 bridgehead atoms. The molecule has 3 rings (SSSR count). The van der Waals surface area contributed by atoms with E-state index < -0.39 is 20.0 Å². The molecule has 3 fully saturated rings. The molecule has 6 atom stereocenters. The second-order valence-electron chi connectivity index (χ2n) is 15.2. The van der Waals surface area contributed by atoms with Gasteiger partial charge in [0.1, 0.15) is 0 Å². The van der Waals surface area contributed by atoms with Gasteiger partial charge in [0.15, 0.2) is 8.32 Å². The van der Waals surface area contributed by atoms with Crippen molar-refractivity contribution >= 4 is 8.32 Å². The van der Waals surface area contributed by atoms with Crippen LogP contribution in [0.25, 0.3) is 0 Å². The lowest BCUT2D eigenvalue weighted by Crippen LogP contribution is -2.46. The third kappa shape index (κ3) is 7.30. The number of aliphatic hydroxyl groups excluding tert-OH is 1. The zero-order valence-corrected chi connectivity index (χ0v) is 26.9. The Kier molecular flexibility index (Phi) is 10.0. The van der Waals surface area contributed by atoms with Crippen LogP contribution in [0.5, 0.6) is 0 Å². The van der Waals surface area contributed by atoms with E-state index in [4.69, 9.17) is 4.43 Å². The van der Waals surface area contributed by atoms with Gasteiger partial charge in [0.2, 0.25) is 0 Å². The summed E-state index contributed by atoms with van der Waals surface area (Å²) in [5.74, 6) is 1.96. The Morgan fingerprint density at radius 1 is 1.16 bits per heavy atom. The maximum absolute atomic E-state index is 14.0. The molecule has 3 saturated carbocycles. The van der Waals surface area contributed by atoms with Gasteiger partial charge in [-0.2, -0.15) is 0 Å². The van der Waals surface area contributed by atoms with E-state index in [9.17, 15) is 14.6 Å². The summed E-state index contributed by atoms with van der Waals surface area (Å²) in [6.45, 7) is 19.9. The first kappa shape index (κ1) is 31.8. The molecule has 0 amide bonds. The molecule has 0 spiro atoms. The molecule has 0 aromatic carbocycles. The van der Waals surface area contributed by atoms with Gasteiger partial charge < -0.3 is 14.6 Å². The molecule has 3 aliphatic rings. The predicted octanol–water partition coefficient (Wildman–Crippen LogP) is 9.03. The normalized spacial score (nSPS) is 35.2. The average Bonchev–Trinajstić information content (AvgIpc) is 3.13. The van der Waals surface area contributed by atoms with Crippen molar-refractivity contribution in [3.63, 3.8) is 0 Å². The predicted molar refractivity (Wildman–Crippen MR) is 160 cm³/mol. The fourth-order valence-corrected chi connectivity index (χ4v) is 8.87. The van der Waals surface area contributed by atoms with Crippen molar-refractivity contribution in [1.82, 2.24) is 0 Å². The van der Waals surface area contributed by atoms with Crippen LogP contribution in [-0.2, 0) is 4.43 Å². The highest BCUT2D eigenvalue weighted by Crippen LogP contribution is 2.60. The maximum atomic E-state index is 14.0. The van der Waals surface area contributed by atoms with Crippen molar-refractivity contribution in [2.75, 3.05) is 0 Å². The van der Waals surface area contributed by atoms with Crippen LogP contribution in [0.4, 0.5) is 4.39 Å². The Hall–Kier alpha value is -0.753. The highest BCUT2D eigenvalue weighted by Gasteiger charge is 2.50. The van der Waals surface area contributed by atoms with E-state index in [2.05, 4.69) is 59.9 Å². The van der Waals surface area contributed by atoms with Crippen LogP contribution in [-0.4, -0.2) is 36.3 Å². The van der Waals surface area contributed by atoms with Gasteiger partial charge in [0, 0.05) is 12.0 Å².